The Bertz CT molecular complexity index is 495. The first-order chi connectivity index (χ1) is 8.83. The van der Waals surface area contributed by atoms with Gasteiger partial charge in [-0.05, 0) is 18.1 Å². The summed E-state index contributed by atoms with van der Waals surface area (Å²) in [7, 11) is 0. The second-order valence-electron chi connectivity index (χ2n) is 4.07. The lowest BCUT2D eigenvalue weighted by molar-refractivity contribution is 0.509. The largest absolute Gasteiger partial charge is 0.408 e. The van der Waals surface area contributed by atoms with Crippen molar-refractivity contribution in [1.82, 2.24) is 10.2 Å². The lowest BCUT2D eigenvalue weighted by Crippen LogP contribution is -2.02. The highest BCUT2D eigenvalue weighted by Crippen LogP contribution is 2.21. The summed E-state index contributed by atoms with van der Waals surface area (Å²) in [6.07, 6.45) is 2.72. The van der Waals surface area contributed by atoms with Crippen LogP contribution in [0.5, 0.6) is 0 Å². The van der Waals surface area contributed by atoms with Gasteiger partial charge in [0.25, 0.3) is 0 Å². The van der Waals surface area contributed by atoms with Crippen LogP contribution in [0.2, 0.25) is 0 Å². The fourth-order valence-corrected chi connectivity index (χ4v) is 1.77. The van der Waals surface area contributed by atoms with Gasteiger partial charge >= 0.3 is 6.01 Å². The SMILES string of the molecule is CCCc1ccccc1Nc1nnc(CCN)o1. The van der Waals surface area contributed by atoms with Crippen LogP contribution in [-0.2, 0) is 12.8 Å². The molecule has 1 aromatic carbocycles. The number of rotatable bonds is 6. The van der Waals surface area contributed by atoms with Crippen LogP contribution in [0.3, 0.4) is 0 Å². The molecule has 3 N–H and O–H groups in total. The maximum atomic E-state index is 5.45. The van der Waals surface area contributed by atoms with Crippen molar-refractivity contribution in [2.24, 2.45) is 5.73 Å². The molecule has 2 rings (SSSR count). The Hall–Kier alpha value is -1.88. The van der Waals surface area contributed by atoms with E-state index in [0.717, 1.165) is 18.5 Å². The molecule has 0 radical (unpaired) electrons. The number of benzene rings is 1. The highest BCUT2D eigenvalue weighted by atomic mass is 16.4. The molecule has 0 atom stereocenters. The van der Waals surface area contributed by atoms with Gasteiger partial charge in [0.2, 0.25) is 5.89 Å². The molecule has 0 amide bonds. The summed E-state index contributed by atoms with van der Waals surface area (Å²) in [5.41, 5.74) is 7.70. The van der Waals surface area contributed by atoms with Gasteiger partial charge in [-0.15, -0.1) is 5.10 Å². The van der Waals surface area contributed by atoms with Gasteiger partial charge in [-0.1, -0.05) is 36.6 Å². The predicted molar refractivity (Wildman–Crippen MR) is 70.8 cm³/mol. The number of nitrogens with zero attached hydrogens (tertiary/aromatic N) is 2. The fraction of sp³-hybridized carbons (Fsp3) is 0.385. The normalized spacial score (nSPS) is 10.6. The van der Waals surface area contributed by atoms with Gasteiger partial charge in [0.1, 0.15) is 0 Å². The van der Waals surface area contributed by atoms with E-state index in [-0.39, 0.29) is 0 Å². The molecule has 0 aliphatic rings. The molecule has 96 valence electrons. The molecule has 0 bridgehead atoms. The molecule has 1 heterocycles. The zero-order valence-corrected chi connectivity index (χ0v) is 10.5. The molecule has 0 saturated heterocycles. The summed E-state index contributed by atoms with van der Waals surface area (Å²) in [6.45, 7) is 2.66. The van der Waals surface area contributed by atoms with Crippen molar-refractivity contribution < 1.29 is 4.42 Å². The number of anilines is 2. The van der Waals surface area contributed by atoms with Crippen molar-refractivity contribution in [2.75, 3.05) is 11.9 Å². The van der Waals surface area contributed by atoms with E-state index in [9.17, 15) is 0 Å². The molecule has 2 aromatic rings. The number of aromatic nitrogens is 2. The van der Waals surface area contributed by atoms with Crippen molar-refractivity contribution in [3.63, 3.8) is 0 Å². The minimum absolute atomic E-state index is 0.419. The smallest absolute Gasteiger partial charge is 0.320 e. The maximum absolute atomic E-state index is 5.45. The Morgan fingerprint density at radius 1 is 1.22 bits per heavy atom. The Morgan fingerprint density at radius 2 is 2.06 bits per heavy atom. The summed E-state index contributed by atoms with van der Waals surface area (Å²) in [4.78, 5) is 0. The molecular weight excluding hydrogens is 228 g/mol. The van der Waals surface area contributed by atoms with E-state index in [0.29, 0.717) is 24.9 Å². The van der Waals surface area contributed by atoms with Crippen molar-refractivity contribution in [2.45, 2.75) is 26.2 Å². The van der Waals surface area contributed by atoms with Crippen LogP contribution >= 0.6 is 0 Å². The molecule has 5 heteroatoms. The zero-order valence-electron chi connectivity index (χ0n) is 10.5. The van der Waals surface area contributed by atoms with Crippen LogP contribution in [0.15, 0.2) is 28.7 Å². The lowest BCUT2D eigenvalue weighted by Gasteiger charge is -2.07. The first-order valence-electron chi connectivity index (χ1n) is 6.21. The maximum Gasteiger partial charge on any atom is 0.320 e. The number of aryl methyl sites for hydroxylation is 1. The number of nitrogens with one attached hydrogen (secondary N) is 1. The third kappa shape index (κ3) is 3.07. The molecular formula is C13H18N4O. The number of hydrogen-bond donors (Lipinski definition) is 2. The third-order valence-electron chi connectivity index (χ3n) is 2.60. The number of para-hydroxylation sites is 1. The Labute approximate surface area is 106 Å². The Morgan fingerprint density at radius 3 is 2.83 bits per heavy atom. The number of nitrogens with two attached hydrogens (primary N) is 1. The topological polar surface area (TPSA) is 77.0 Å². The minimum Gasteiger partial charge on any atom is -0.408 e. The van der Waals surface area contributed by atoms with Gasteiger partial charge in [0, 0.05) is 18.7 Å². The van der Waals surface area contributed by atoms with Crippen molar-refractivity contribution in [1.29, 1.82) is 0 Å². The average Bonchev–Trinajstić information content (AvgIpc) is 2.80. The standard InChI is InChI=1S/C13H18N4O/c1-2-5-10-6-3-4-7-11(10)15-13-17-16-12(18-13)8-9-14/h3-4,6-7H,2,5,8-9,14H2,1H3,(H,15,17). The van der Waals surface area contributed by atoms with Crippen molar-refractivity contribution in [3.8, 4) is 0 Å². The van der Waals surface area contributed by atoms with Crippen LogP contribution in [0.4, 0.5) is 11.7 Å². The van der Waals surface area contributed by atoms with Gasteiger partial charge in [0.05, 0.1) is 0 Å². The second kappa shape index (κ2) is 6.16. The van der Waals surface area contributed by atoms with E-state index in [1.54, 1.807) is 0 Å². The van der Waals surface area contributed by atoms with Crippen LogP contribution in [0.25, 0.3) is 0 Å². The Balaban J connectivity index is 2.12. The van der Waals surface area contributed by atoms with E-state index < -0.39 is 0 Å². The van der Waals surface area contributed by atoms with E-state index in [1.807, 2.05) is 18.2 Å². The van der Waals surface area contributed by atoms with E-state index in [1.165, 1.54) is 5.56 Å². The van der Waals surface area contributed by atoms with Crippen LogP contribution < -0.4 is 11.1 Å². The molecule has 18 heavy (non-hydrogen) atoms. The highest BCUT2D eigenvalue weighted by molar-refractivity contribution is 5.57. The molecule has 0 saturated carbocycles. The first kappa shape index (κ1) is 12.6. The van der Waals surface area contributed by atoms with E-state index in [4.69, 9.17) is 10.2 Å². The molecule has 0 fully saturated rings. The van der Waals surface area contributed by atoms with Crippen molar-refractivity contribution in [3.05, 3.63) is 35.7 Å². The molecule has 0 unspecified atom stereocenters. The lowest BCUT2D eigenvalue weighted by atomic mass is 10.1. The zero-order chi connectivity index (χ0) is 12.8. The van der Waals surface area contributed by atoms with Gasteiger partial charge in [-0.25, -0.2) is 0 Å². The molecule has 0 aliphatic carbocycles. The minimum atomic E-state index is 0.419. The van der Waals surface area contributed by atoms with Crippen molar-refractivity contribution >= 4 is 11.7 Å². The third-order valence-corrected chi connectivity index (χ3v) is 2.60. The van der Waals surface area contributed by atoms with Gasteiger partial charge in [-0.3, -0.25) is 0 Å². The fourth-order valence-electron chi connectivity index (χ4n) is 1.77. The summed E-state index contributed by atoms with van der Waals surface area (Å²) < 4.78 is 5.45. The van der Waals surface area contributed by atoms with E-state index >= 15 is 0 Å². The van der Waals surface area contributed by atoms with Crippen LogP contribution in [-0.4, -0.2) is 16.7 Å². The summed E-state index contributed by atoms with van der Waals surface area (Å²) >= 11 is 0. The van der Waals surface area contributed by atoms with Gasteiger partial charge in [-0.2, -0.15) is 0 Å². The average molecular weight is 246 g/mol. The predicted octanol–water partition coefficient (Wildman–Crippen LogP) is 2.27. The summed E-state index contributed by atoms with van der Waals surface area (Å²) in [5.74, 6) is 0.563. The molecule has 0 spiro atoms. The van der Waals surface area contributed by atoms with E-state index in [2.05, 4.69) is 28.5 Å². The van der Waals surface area contributed by atoms with Crippen LogP contribution in [0.1, 0.15) is 24.8 Å². The Kier molecular flexibility index (Phi) is 4.30. The monoisotopic (exact) mass is 246 g/mol. The first-order valence-corrected chi connectivity index (χ1v) is 6.21. The van der Waals surface area contributed by atoms with Crippen LogP contribution in [0, 0.1) is 0 Å². The van der Waals surface area contributed by atoms with Gasteiger partial charge < -0.3 is 15.5 Å². The molecule has 1 aromatic heterocycles. The summed E-state index contributed by atoms with van der Waals surface area (Å²) in [5, 5.41) is 11.0. The molecule has 0 aliphatic heterocycles. The second-order valence-corrected chi connectivity index (χ2v) is 4.07. The highest BCUT2D eigenvalue weighted by Gasteiger charge is 2.07. The summed E-state index contributed by atoms with van der Waals surface area (Å²) in [6, 6.07) is 8.55. The number of hydrogen-bond acceptors (Lipinski definition) is 5. The molecule has 5 nitrogen and oxygen atoms in total. The van der Waals surface area contributed by atoms with Gasteiger partial charge in [0.15, 0.2) is 0 Å². The quantitative estimate of drug-likeness (QED) is 0.817.